The first-order valence-electron chi connectivity index (χ1n) is 7.69. The zero-order valence-electron chi connectivity index (χ0n) is 13.0. The van der Waals surface area contributed by atoms with Gasteiger partial charge in [-0.2, -0.15) is 0 Å². The fourth-order valence-corrected chi connectivity index (χ4v) is 3.03. The van der Waals surface area contributed by atoms with Crippen LogP contribution >= 0.6 is 0 Å². The van der Waals surface area contributed by atoms with E-state index in [-0.39, 0.29) is 6.04 Å². The monoisotopic (exact) mass is 281 g/mol. The molecule has 0 radical (unpaired) electrons. The highest BCUT2D eigenvalue weighted by molar-refractivity contribution is 5.44. The van der Waals surface area contributed by atoms with E-state index in [1.54, 1.807) is 7.11 Å². The van der Waals surface area contributed by atoms with Crippen molar-refractivity contribution in [1.82, 2.24) is 5.32 Å². The summed E-state index contributed by atoms with van der Waals surface area (Å²) in [6, 6.07) is 15.7. The van der Waals surface area contributed by atoms with Crippen molar-refractivity contribution < 1.29 is 4.74 Å². The molecule has 3 rings (SSSR count). The zero-order valence-corrected chi connectivity index (χ0v) is 13.0. The van der Waals surface area contributed by atoms with Crippen LogP contribution < -0.4 is 10.1 Å². The van der Waals surface area contributed by atoms with E-state index in [0.29, 0.717) is 5.92 Å². The highest BCUT2D eigenvalue weighted by Gasteiger charge is 2.21. The van der Waals surface area contributed by atoms with Crippen LogP contribution in [0.2, 0.25) is 0 Å². The van der Waals surface area contributed by atoms with E-state index in [9.17, 15) is 0 Å². The third kappa shape index (κ3) is 2.81. The Morgan fingerprint density at radius 3 is 2.52 bits per heavy atom. The Kier molecular flexibility index (Phi) is 3.98. The number of hydrogen-bond donors (Lipinski definition) is 1. The van der Waals surface area contributed by atoms with Gasteiger partial charge >= 0.3 is 0 Å². The second kappa shape index (κ2) is 5.90. The molecule has 0 aliphatic carbocycles. The lowest BCUT2D eigenvalue weighted by atomic mass is 9.89. The van der Waals surface area contributed by atoms with Crippen LogP contribution in [0.4, 0.5) is 0 Å². The molecule has 1 atom stereocenters. The molecule has 1 N–H and O–H groups in total. The molecule has 0 saturated heterocycles. The van der Waals surface area contributed by atoms with Crippen molar-refractivity contribution in [2.75, 3.05) is 13.7 Å². The van der Waals surface area contributed by atoms with Crippen LogP contribution in [0.15, 0.2) is 42.5 Å². The molecule has 110 valence electrons. The van der Waals surface area contributed by atoms with Gasteiger partial charge in [-0.05, 0) is 46.7 Å². The molecule has 1 aliphatic rings. The molecule has 2 nitrogen and oxygen atoms in total. The van der Waals surface area contributed by atoms with Crippen molar-refractivity contribution in [3.8, 4) is 5.75 Å². The summed E-state index contributed by atoms with van der Waals surface area (Å²) >= 11 is 0. The quantitative estimate of drug-likeness (QED) is 0.916. The Morgan fingerprint density at radius 1 is 1.10 bits per heavy atom. The molecule has 0 bridgehead atoms. The highest BCUT2D eigenvalue weighted by Crippen LogP contribution is 2.32. The first-order chi connectivity index (χ1) is 10.2. The number of methoxy groups -OCH3 is 1. The first kappa shape index (κ1) is 14.2. The summed E-state index contributed by atoms with van der Waals surface area (Å²) in [6.45, 7) is 5.48. The maximum atomic E-state index is 5.39. The molecule has 2 aromatic carbocycles. The van der Waals surface area contributed by atoms with Gasteiger partial charge in [-0.1, -0.05) is 44.2 Å². The predicted molar refractivity (Wildman–Crippen MR) is 87.1 cm³/mol. The van der Waals surface area contributed by atoms with Crippen molar-refractivity contribution in [1.29, 1.82) is 0 Å². The van der Waals surface area contributed by atoms with E-state index in [2.05, 4.69) is 61.6 Å². The van der Waals surface area contributed by atoms with Crippen molar-refractivity contribution in [2.45, 2.75) is 32.2 Å². The molecule has 2 heteroatoms. The number of fused-ring (bicyclic) bond motifs is 1. The van der Waals surface area contributed by atoms with Gasteiger partial charge in [-0.15, -0.1) is 0 Å². The highest BCUT2D eigenvalue weighted by atomic mass is 16.5. The van der Waals surface area contributed by atoms with Crippen molar-refractivity contribution in [3.05, 3.63) is 64.7 Å². The van der Waals surface area contributed by atoms with Crippen LogP contribution in [0.1, 0.15) is 48.1 Å². The Balaban J connectivity index is 1.97. The van der Waals surface area contributed by atoms with Crippen LogP contribution in [0.5, 0.6) is 5.75 Å². The van der Waals surface area contributed by atoms with E-state index in [0.717, 1.165) is 18.7 Å². The summed E-state index contributed by atoms with van der Waals surface area (Å²) < 4.78 is 5.39. The minimum absolute atomic E-state index is 0.269. The number of benzene rings is 2. The molecule has 1 unspecified atom stereocenters. The van der Waals surface area contributed by atoms with E-state index >= 15 is 0 Å². The summed E-state index contributed by atoms with van der Waals surface area (Å²) in [7, 11) is 1.73. The maximum absolute atomic E-state index is 5.39. The topological polar surface area (TPSA) is 21.3 Å². The van der Waals surface area contributed by atoms with Crippen LogP contribution in [0.25, 0.3) is 0 Å². The van der Waals surface area contributed by atoms with Gasteiger partial charge in [0.1, 0.15) is 5.75 Å². The van der Waals surface area contributed by atoms with Crippen LogP contribution in [0.3, 0.4) is 0 Å². The summed E-state index contributed by atoms with van der Waals surface area (Å²) in [6.07, 6.45) is 1.08. The molecule has 0 saturated carbocycles. The summed E-state index contributed by atoms with van der Waals surface area (Å²) in [5.74, 6) is 1.51. The largest absolute Gasteiger partial charge is 0.497 e. The van der Waals surface area contributed by atoms with E-state index < -0.39 is 0 Å². The third-order valence-electron chi connectivity index (χ3n) is 4.34. The SMILES string of the molecule is COc1ccc2c(c1)C(c1ccc(C(C)C)cc1)NCC2. The summed E-state index contributed by atoms with van der Waals surface area (Å²) in [5.41, 5.74) is 5.49. The van der Waals surface area contributed by atoms with Crippen LogP contribution in [0, 0.1) is 0 Å². The number of ether oxygens (including phenoxy) is 1. The number of hydrogen-bond acceptors (Lipinski definition) is 2. The minimum atomic E-state index is 0.269. The second-order valence-electron chi connectivity index (χ2n) is 6.02. The van der Waals surface area contributed by atoms with Gasteiger partial charge < -0.3 is 10.1 Å². The van der Waals surface area contributed by atoms with Crippen molar-refractivity contribution >= 4 is 0 Å². The molecule has 1 heterocycles. The van der Waals surface area contributed by atoms with Gasteiger partial charge in [-0.25, -0.2) is 0 Å². The van der Waals surface area contributed by atoms with Gasteiger partial charge in [0.15, 0.2) is 0 Å². The first-order valence-corrected chi connectivity index (χ1v) is 7.69. The average molecular weight is 281 g/mol. The molecule has 1 aliphatic heterocycles. The molecule has 2 aromatic rings. The van der Waals surface area contributed by atoms with E-state index in [1.165, 1.54) is 22.3 Å². The number of rotatable bonds is 3. The molecule has 0 fully saturated rings. The Labute approximate surface area is 127 Å². The van der Waals surface area contributed by atoms with Crippen molar-refractivity contribution in [3.63, 3.8) is 0 Å². The summed E-state index contributed by atoms with van der Waals surface area (Å²) in [5, 5.41) is 3.64. The smallest absolute Gasteiger partial charge is 0.119 e. The zero-order chi connectivity index (χ0) is 14.8. The summed E-state index contributed by atoms with van der Waals surface area (Å²) in [4.78, 5) is 0. The second-order valence-corrected chi connectivity index (χ2v) is 6.02. The fraction of sp³-hybridized carbons (Fsp3) is 0.368. The van der Waals surface area contributed by atoms with E-state index in [4.69, 9.17) is 4.74 Å². The van der Waals surface area contributed by atoms with Crippen molar-refractivity contribution in [2.24, 2.45) is 0 Å². The van der Waals surface area contributed by atoms with Crippen LogP contribution in [-0.4, -0.2) is 13.7 Å². The third-order valence-corrected chi connectivity index (χ3v) is 4.34. The lowest BCUT2D eigenvalue weighted by Gasteiger charge is -2.28. The van der Waals surface area contributed by atoms with Gasteiger partial charge in [-0.3, -0.25) is 0 Å². The average Bonchev–Trinajstić information content (AvgIpc) is 2.54. The molecule has 21 heavy (non-hydrogen) atoms. The van der Waals surface area contributed by atoms with Crippen LogP contribution in [-0.2, 0) is 6.42 Å². The Bertz CT molecular complexity index is 616. The Morgan fingerprint density at radius 2 is 1.86 bits per heavy atom. The normalized spacial score (nSPS) is 17.6. The molecule has 0 spiro atoms. The Hall–Kier alpha value is -1.80. The lowest BCUT2D eigenvalue weighted by molar-refractivity contribution is 0.412. The predicted octanol–water partition coefficient (Wildman–Crippen LogP) is 4.05. The molecular formula is C19H23NO. The molecule has 0 aromatic heterocycles. The van der Waals surface area contributed by atoms with Gasteiger partial charge in [0.05, 0.1) is 13.2 Å². The van der Waals surface area contributed by atoms with Gasteiger partial charge in [0.2, 0.25) is 0 Å². The van der Waals surface area contributed by atoms with Gasteiger partial charge in [0, 0.05) is 6.54 Å². The fourth-order valence-electron chi connectivity index (χ4n) is 3.03. The number of nitrogens with one attached hydrogen (secondary N) is 1. The maximum Gasteiger partial charge on any atom is 0.119 e. The minimum Gasteiger partial charge on any atom is -0.497 e. The van der Waals surface area contributed by atoms with Gasteiger partial charge in [0.25, 0.3) is 0 Å². The van der Waals surface area contributed by atoms with E-state index in [1.807, 2.05) is 0 Å². The molecular weight excluding hydrogens is 258 g/mol. The lowest BCUT2D eigenvalue weighted by Crippen LogP contribution is -2.30. The standard InChI is InChI=1S/C19H23NO/c1-13(2)14-4-6-16(7-5-14)19-18-12-17(21-3)9-8-15(18)10-11-20-19/h4-9,12-13,19-20H,10-11H2,1-3H3. The molecule has 0 amide bonds.